The normalized spacial score (nSPS) is 20.7. The molecule has 1 aliphatic heterocycles. The summed E-state index contributed by atoms with van der Waals surface area (Å²) >= 11 is 0. The number of ether oxygens (including phenoxy) is 1. The van der Waals surface area contributed by atoms with E-state index in [1.807, 2.05) is 0 Å². The summed E-state index contributed by atoms with van der Waals surface area (Å²) in [6, 6.07) is 9.31. The fraction of sp³-hybridized carbons (Fsp3) is 0.667. The van der Waals surface area contributed by atoms with Gasteiger partial charge in [0.05, 0.1) is 6.61 Å². The van der Waals surface area contributed by atoms with E-state index in [1.54, 1.807) is 0 Å². The minimum Gasteiger partial charge on any atom is -0.381 e. The summed E-state index contributed by atoms with van der Waals surface area (Å²) in [6.45, 7) is 9.38. The van der Waals surface area contributed by atoms with Crippen LogP contribution in [0.4, 0.5) is 0 Å². The molecule has 2 rings (SSSR count). The summed E-state index contributed by atoms with van der Waals surface area (Å²) in [6.07, 6.45) is 2.52. The third kappa shape index (κ3) is 5.42. The molecular weight excluding hydrogens is 260 g/mol. The minimum atomic E-state index is 0.408. The highest BCUT2D eigenvalue weighted by molar-refractivity contribution is 5.24. The van der Waals surface area contributed by atoms with Crippen LogP contribution in [0.1, 0.15) is 36.9 Å². The zero-order valence-electron chi connectivity index (χ0n) is 13.8. The Hall–Kier alpha value is -0.900. The first-order valence-corrected chi connectivity index (χ1v) is 8.25. The highest BCUT2D eigenvalue weighted by Crippen LogP contribution is 2.18. The summed E-state index contributed by atoms with van der Waals surface area (Å²) in [5.74, 6) is 0.698. The number of rotatable bonds is 7. The molecule has 1 saturated heterocycles. The van der Waals surface area contributed by atoms with Crippen molar-refractivity contribution in [2.24, 2.45) is 5.92 Å². The molecule has 21 heavy (non-hydrogen) atoms. The van der Waals surface area contributed by atoms with Gasteiger partial charge in [-0.25, -0.2) is 0 Å². The molecule has 0 aliphatic carbocycles. The van der Waals surface area contributed by atoms with Gasteiger partial charge in [0.1, 0.15) is 0 Å². The SMILES string of the molecule is CCNC(CN(C)CC1CCCOC1)c1ccc(C)cc1. The molecule has 3 heteroatoms. The predicted octanol–water partition coefficient (Wildman–Crippen LogP) is 3.00. The number of nitrogens with one attached hydrogen (secondary N) is 1. The van der Waals surface area contributed by atoms with Gasteiger partial charge in [0.25, 0.3) is 0 Å². The lowest BCUT2D eigenvalue weighted by Gasteiger charge is -2.30. The molecule has 2 unspecified atom stereocenters. The second-order valence-corrected chi connectivity index (χ2v) is 6.33. The van der Waals surface area contributed by atoms with Gasteiger partial charge in [0.2, 0.25) is 0 Å². The van der Waals surface area contributed by atoms with Crippen LogP contribution >= 0.6 is 0 Å². The van der Waals surface area contributed by atoms with Crippen molar-refractivity contribution in [1.82, 2.24) is 10.2 Å². The summed E-state index contributed by atoms with van der Waals surface area (Å²) in [5, 5.41) is 3.61. The zero-order valence-corrected chi connectivity index (χ0v) is 13.8. The Balaban J connectivity index is 1.90. The molecule has 1 aromatic rings. The molecule has 0 radical (unpaired) electrons. The minimum absolute atomic E-state index is 0.408. The molecule has 1 heterocycles. The van der Waals surface area contributed by atoms with Crippen LogP contribution in [0.2, 0.25) is 0 Å². The molecule has 118 valence electrons. The predicted molar refractivity (Wildman–Crippen MR) is 88.6 cm³/mol. The first-order chi connectivity index (χ1) is 10.2. The van der Waals surface area contributed by atoms with Gasteiger partial charge < -0.3 is 15.0 Å². The first kappa shape index (κ1) is 16.5. The number of aryl methyl sites for hydroxylation is 1. The van der Waals surface area contributed by atoms with Crippen molar-refractivity contribution in [3.05, 3.63) is 35.4 Å². The topological polar surface area (TPSA) is 24.5 Å². The zero-order chi connectivity index (χ0) is 15.1. The van der Waals surface area contributed by atoms with E-state index in [0.29, 0.717) is 12.0 Å². The van der Waals surface area contributed by atoms with Crippen molar-refractivity contribution in [3.8, 4) is 0 Å². The maximum atomic E-state index is 5.59. The highest BCUT2D eigenvalue weighted by atomic mass is 16.5. The van der Waals surface area contributed by atoms with Crippen LogP contribution in [0.15, 0.2) is 24.3 Å². The summed E-state index contributed by atoms with van der Waals surface area (Å²) in [5.41, 5.74) is 2.70. The third-order valence-corrected chi connectivity index (χ3v) is 4.25. The summed E-state index contributed by atoms with van der Waals surface area (Å²) in [7, 11) is 2.23. The number of hydrogen-bond donors (Lipinski definition) is 1. The smallest absolute Gasteiger partial charge is 0.0506 e. The van der Waals surface area contributed by atoms with Gasteiger partial charge in [0.15, 0.2) is 0 Å². The van der Waals surface area contributed by atoms with E-state index < -0.39 is 0 Å². The van der Waals surface area contributed by atoms with E-state index in [9.17, 15) is 0 Å². The molecule has 1 fully saturated rings. The quantitative estimate of drug-likeness (QED) is 0.835. The Morgan fingerprint density at radius 3 is 2.71 bits per heavy atom. The Morgan fingerprint density at radius 1 is 1.33 bits per heavy atom. The average Bonchev–Trinajstić information content (AvgIpc) is 2.48. The van der Waals surface area contributed by atoms with Crippen molar-refractivity contribution in [2.45, 2.75) is 32.7 Å². The molecule has 0 bridgehead atoms. The third-order valence-electron chi connectivity index (χ3n) is 4.25. The van der Waals surface area contributed by atoms with Crippen molar-refractivity contribution in [2.75, 3.05) is 39.9 Å². The Morgan fingerprint density at radius 2 is 2.10 bits per heavy atom. The lowest BCUT2D eigenvalue weighted by Crippen LogP contribution is -2.37. The van der Waals surface area contributed by atoms with Gasteiger partial charge in [-0.1, -0.05) is 36.8 Å². The van der Waals surface area contributed by atoms with E-state index in [2.05, 4.69) is 55.4 Å². The maximum Gasteiger partial charge on any atom is 0.0506 e. The number of nitrogens with zero attached hydrogens (tertiary/aromatic N) is 1. The Bertz CT molecular complexity index is 398. The van der Waals surface area contributed by atoms with E-state index in [4.69, 9.17) is 4.74 Å². The molecule has 0 amide bonds. The fourth-order valence-corrected chi connectivity index (χ4v) is 3.11. The first-order valence-electron chi connectivity index (χ1n) is 8.25. The molecule has 0 spiro atoms. The molecule has 3 nitrogen and oxygen atoms in total. The molecule has 0 saturated carbocycles. The van der Waals surface area contributed by atoms with Crippen LogP contribution in [0, 0.1) is 12.8 Å². The van der Waals surface area contributed by atoms with Gasteiger partial charge in [-0.2, -0.15) is 0 Å². The fourth-order valence-electron chi connectivity index (χ4n) is 3.11. The number of hydrogen-bond acceptors (Lipinski definition) is 3. The van der Waals surface area contributed by atoms with Gasteiger partial charge in [-0.15, -0.1) is 0 Å². The van der Waals surface area contributed by atoms with Gasteiger partial charge in [-0.3, -0.25) is 0 Å². The van der Waals surface area contributed by atoms with Crippen LogP contribution in [0.25, 0.3) is 0 Å². The monoisotopic (exact) mass is 290 g/mol. The molecular formula is C18H30N2O. The maximum absolute atomic E-state index is 5.59. The van der Waals surface area contributed by atoms with E-state index in [1.165, 1.54) is 24.0 Å². The van der Waals surface area contributed by atoms with Crippen LogP contribution < -0.4 is 5.32 Å². The largest absolute Gasteiger partial charge is 0.381 e. The van der Waals surface area contributed by atoms with Crippen LogP contribution in [-0.4, -0.2) is 44.8 Å². The lowest BCUT2D eigenvalue weighted by atomic mass is 10.0. The van der Waals surface area contributed by atoms with Gasteiger partial charge in [0, 0.05) is 25.7 Å². The molecule has 1 aliphatic rings. The molecule has 0 aromatic heterocycles. The van der Waals surface area contributed by atoms with Gasteiger partial charge >= 0.3 is 0 Å². The van der Waals surface area contributed by atoms with Crippen molar-refractivity contribution in [3.63, 3.8) is 0 Å². The summed E-state index contributed by atoms with van der Waals surface area (Å²) < 4.78 is 5.59. The highest BCUT2D eigenvalue weighted by Gasteiger charge is 2.18. The van der Waals surface area contributed by atoms with Crippen molar-refractivity contribution < 1.29 is 4.74 Å². The van der Waals surface area contributed by atoms with Crippen LogP contribution in [0.3, 0.4) is 0 Å². The Labute approximate surface area is 129 Å². The number of likely N-dealkylation sites (N-methyl/N-ethyl adjacent to an activating group) is 2. The molecule has 2 atom stereocenters. The van der Waals surface area contributed by atoms with Crippen LogP contribution in [0.5, 0.6) is 0 Å². The number of benzene rings is 1. The molecule has 1 N–H and O–H groups in total. The van der Waals surface area contributed by atoms with Crippen molar-refractivity contribution >= 4 is 0 Å². The van der Waals surface area contributed by atoms with E-state index >= 15 is 0 Å². The second kappa shape index (κ2) is 8.52. The standard InChI is InChI=1S/C18H30N2O/c1-4-19-18(17-9-7-15(2)8-10-17)13-20(3)12-16-6-5-11-21-14-16/h7-10,16,18-19H,4-6,11-14H2,1-3H3. The van der Waals surface area contributed by atoms with E-state index in [0.717, 1.165) is 32.8 Å². The van der Waals surface area contributed by atoms with Crippen LogP contribution in [-0.2, 0) is 4.74 Å². The second-order valence-electron chi connectivity index (χ2n) is 6.33. The van der Waals surface area contributed by atoms with E-state index in [-0.39, 0.29) is 0 Å². The Kier molecular flexibility index (Phi) is 6.68. The average molecular weight is 290 g/mol. The lowest BCUT2D eigenvalue weighted by molar-refractivity contribution is 0.0409. The molecule has 1 aromatic carbocycles. The summed E-state index contributed by atoms with van der Waals surface area (Å²) in [4.78, 5) is 2.45. The van der Waals surface area contributed by atoms with Crippen molar-refractivity contribution in [1.29, 1.82) is 0 Å². The van der Waals surface area contributed by atoms with Gasteiger partial charge in [-0.05, 0) is 44.8 Å².